The summed E-state index contributed by atoms with van der Waals surface area (Å²) in [4.78, 5) is 40.1. The second-order valence-corrected chi connectivity index (χ2v) is 7.84. The van der Waals surface area contributed by atoms with Crippen molar-refractivity contribution in [2.45, 2.75) is 37.0 Å². The lowest BCUT2D eigenvalue weighted by atomic mass is 10.1. The van der Waals surface area contributed by atoms with E-state index in [1.165, 1.54) is 11.8 Å². The number of pyridine rings is 1. The minimum atomic E-state index is -0.527. The molecule has 8 heteroatoms. The van der Waals surface area contributed by atoms with Gasteiger partial charge in [0.25, 0.3) is 5.56 Å². The second kappa shape index (κ2) is 7.55. The van der Waals surface area contributed by atoms with Crippen LogP contribution in [0.4, 0.5) is 5.69 Å². The molecule has 26 heavy (non-hydrogen) atoms. The van der Waals surface area contributed by atoms with Crippen LogP contribution >= 0.6 is 23.4 Å². The Balaban J connectivity index is 1.63. The van der Waals surface area contributed by atoms with E-state index >= 15 is 0 Å². The average Bonchev–Trinajstić information content (AvgIpc) is 2.54. The number of anilines is 1. The lowest BCUT2D eigenvalue weighted by Gasteiger charge is -2.23. The van der Waals surface area contributed by atoms with E-state index in [1.807, 2.05) is 19.1 Å². The van der Waals surface area contributed by atoms with Crippen molar-refractivity contribution in [2.75, 3.05) is 5.32 Å². The highest BCUT2D eigenvalue weighted by Gasteiger charge is 2.29. The van der Waals surface area contributed by atoms with Crippen molar-refractivity contribution in [3.8, 4) is 0 Å². The van der Waals surface area contributed by atoms with Gasteiger partial charge in [-0.2, -0.15) is 0 Å². The Bertz CT molecular complexity index is 942. The van der Waals surface area contributed by atoms with Gasteiger partial charge in [-0.3, -0.25) is 14.4 Å². The SMILES string of the molecule is Cc1cc(C)c(CNC(=O)C[C@@H]2Sc3ccc(Cl)cc3NC2=O)c(=O)[nH]1. The van der Waals surface area contributed by atoms with Crippen molar-refractivity contribution in [3.05, 3.63) is 56.5 Å². The number of nitrogens with one attached hydrogen (secondary N) is 3. The molecule has 0 spiro atoms. The third-order valence-corrected chi connectivity index (χ3v) is 5.60. The third-order valence-electron chi connectivity index (χ3n) is 4.09. The maximum Gasteiger partial charge on any atom is 0.253 e. The first-order valence-corrected chi connectivity index (χ1v) is 9.32. The normalized spacial score (nSPS) is 16.0. The molecule has 3 rings (SSSR count). The van der Waals surface area contributed by atoms with Gasteiger partial charge >= 0.3 is 0 Å². The van der Waals surface area contributed by atoms with Crippen LogP contribution in [0.3, 0.4) is 0 Å². The van der Waals surface area contributed by atoms with Crippen LogP contribution in [0.25, 0.3) is 0 Å². The second-order valence-electron chi connectivity index (χ2n) is 6.16. The number of halogens is 1. The highest BCUT2D eigenvalue weighted by atomic mass is 35.5. The topological polar surface area (TPSA) is 91.1 Å². The van der Waals surface area contributed by atoms with Gasteiger partial charge in [-0.15, -0.1) is 11.8 Å². The van der Waals surface area contributed by atoms with Crippen molar-refractivity contribution in [1.29, 1.82) is 0 Å². The van der Waals surface area contributed by atoms with Crippen LogP contribution in [-0.2, 0) is 16.1 Å². The quantitative estimate of drug-likeness (QED) is 0.747. The van der Waals surface area contributed by atoms with Gasteiger partial charge in [-0.1, -0.05) is 11.6 Å². The molecule has 0 bridgehead atoms. The maximum atomic E-state index is 12.2. The molecular formula is C18H18ClN3O3S. The summed E-state index contributed by atoms with van der Waals surface area (Å²) >= 11 is 7.26. The van der Waals surface area contributed by atoms with E-state index in [9.17, 15) is 14.4 Å². The molecule has 2 amide bonds. The fourth-order valence-electron chi connectivity index (χ4n) is 2.79. The van der Waals surface area contributed by atoms with Crippen molar-refractivity contribution in [1.82, 2.24) is 10.3 Å². The number of benzene rings is 1. The monoisotopic (exact) mass is 391 g/mol. The molecule has 0 aliphatic carbocycles. The molecule has 0 unspecified atom stereocenters. The number of amides is 2. The van der Waals surface area contributed by atoms with Crippen molar-refractivity contribution in [2.24, 2.45) is 0 Å². The zero-order valence-corrected chi connectivity index (χ0v) is 15.9. The molecule has 1 aromatic carbocycles. The van der Waals surface area contributed by atoms with E-state index in [0.717, 1.165) is 16.2 Å². The Hall–Kier alpha value is -2.25. The Kier molecular flexibility index (Phi) is 5.38. The Morgan fingerprint density at radius 3 is 2.77 bits per heavy atom. The van der Waals surface area contributed by atoms with Gasteiger partial charge < -0.3 is 15.6 Å². The molecule has 0 saturated heterocycles. The van der Waals surface area contributed by atoms with Gasteiger partial charge in [0, 0.05) is 34.1 Å². The summed E-state index contributed by atoms with van der Waals surface area (Å²) in [6.07, 6.45) is 0.0291. The Labute approximate surface area is 159 Å². The number of aryl methyl sites for hydroxylation is 2. The molecule has 136 valence electrons. The molecular weight excluding hydrogens is 374 g/mol. The summed E-state index contributed by atoms with van der Waals surface area (Å²) in [7, 11) is 0. The number of carbonyl (C=O) groups is 2. The van der Waals surface area contributed by atoms with E-state index < -0.39 is 5.25 Å². The van der Waals surface area contributed by atoms with Crippen molar-refractivity contribution >= 4 is 40.9 Å². The van der Waals surface area contributed by atoms with Crippen LogP contribution < -0.4 is 16.2 Å². The highest BCUT2D eigenvalue weighted by molar-refractivity contribution is 8.01. The smallest absolute Gasteiger partial charge is 0.253 e. The standard InChI is InChI=1S/C18H18ClN3O3S/c1-9-5-10(2)21-17(24)12(9)8-20-16(23)7-15-18(25)22-13-6-11(19)3-4-14(13)26-15/h3-6,15H,7-8H2,1-2H3,(H,20,23)(H,21,24)(H,22,25)/t15-/m0/s1. The molecule has 1 aliphatic heterocycles. The van der Waals surface area contributed by atoms with Gasteiger partial charge in [0.05, 0.1) is 10.9 Å². The fourth-order valence-corrected chi connectivity index (χ4v) is 4.05. The van der Waals surface area contributed by atoms with Gasteiger partial charge in [0.2, 0.25) is 11.8 Å². The van der Waals surface area contributed by atoms with Crippen LogP contribution in [-0.4, -0.2) is 22.0 Å². The van der Waals surface area contributed by atoms with Crippen LogP contribution in [0.5, 0.6) is 0 Å². The van der Waals surface area contributed by atoms with E-state index in [4.69, 9.17) is 11.6 Å². The number of aromatic nitrogens is 1. The zero-order valence-electron chi connectivity index (χ0n) is 14.3. The van der Waals surface area contributed by atoms with E-state index in [1.54, 1.807) is 19.1 Å². The fraction of sp³-hybridized carbons (Fsp3) is 0.278. The van der Waals surface area contributed by atoms with Gasteiger partial charge in [0.1, 0.15) is 0 Å². The number of carbonyl (C=O) groups excluding carboxylic acids is 2. The number of hydrogen-bond acceptors (Lipinski definition) is 4. The minimum absolute atomic E-state index is 0.0291. The summed E-state index contributed by atoms with van der Waals surface area (Å²) in [5.41, 5.74) is 2.56. The maximum absolute atomic E-state index is 12.2. The number of fused-ring (bicyclic) bond motifs is 1. The number of thioether (sulfide) groups is 1. The van der Waals surface area contributed by atoms with E-state index in [-0.39, 0.29) is 30.3 Å². The molecule has 3 N–H and O–H groups in total. The van der Waals surface area contributed by atoms with E-state index in [0.29, 0.717) is 16.3 Å². The zero-order chi connectivity index (χ0) is 18.8. The molecule has 2 aromatic rings. The minimum Gasteiger partial charge on any atom is -0.352 e. The molecule has 1 aromatic heterocycles. The summed E-state index contributed by atoms with van der Waals surface area (Å²) < 4.78 is 0. The van der Waals surface area contributed by atoms with Crippen LogP contribution in [0, 0.1) is 13.8 Å². The van der Waals surface area contributed by atoms with E-state index in [2.05, 4.69) is 15.6 Å². The number of H-pyrrole nitrogens is 1. The molecule has 6 nitrogen and oxygen atoms in total. The van der Waals surface area contributed by atoms with Crippen molar-refractivity contribution < 1.29 is 9.59 Å². The lowest BCUT2D eigenvalue weighted by molar-refractivity contribution is -0.124. The van der Waals surface area contributed by atoms with Gasteiger partial charge in [-0.25, -0.2) is 0 Å². The first kappa shape index (κ1) is 18.5. The first-order chi connectivity index (χ1) is 12.3. The van der Waals surface area contributed by atoms with Gasteiger partial charge in [-0.05, 0) is 43.7 Å². The highest BCUT2D eigenvalue weighted by Crippen LogP contribution is 2.38. The van der Waals surface area contributed by atoms with Crippen LogP contribution in [0.1, 0.15) is 23.2 Å². The molecule has 0 fully saturated rings. The lowest BCUT2D eigenvalue weighted by Crippen LogP contribution is -2.35. The Morgan fingerprint density at radius 2 is 2.04 bits per heavy atom. The largest absolute Gasteiger partial charge is 0.352 e. The molecule has 0 radical (unpaired) electrons. The number of rotatable bonds is 4. The molecule has 0 saturated carbocycles. The Morgan fingerprint density at radius 1 is 1.27 bits per heavy atom. The summed E-state index contributed by atoms with van der Waals surface area (Å²) in [6, 6.07) is 7.11. The van der Waals surface area contributed by atoms with Gasteiger partial charge in [0.15, 0.2) is 0 Å². The molecule has 2 heterocycles. The number of aromatic amines is 1. The summed E-state index contributed by atoms with van der Waals surface area (Å²) in [6.45, 7) is 3.77. The molecule has 1 aliphatic rings. The first-order valence-electron chi connectivity index (χ1n) is 8.06. The summed E-state index contributed by atoms with van der Waals surface area (Å²) in [5.74, 6) is -0.515. The third kappa shape index (κ3) is 4.11. The predicted octanol–water partition coefficient (Wildman–Crippen LogP) is 2.76. The average molecular weight is 392 g/mol. The van der Waals surface area contributed by atoms with Crippen LogP contribution in [0.2, 0.25) is 5.02 Å². The predicted molar refractivity (Wildman–Crippen MR) is 103 cm³/mol. The summed E-state index contributed by atoms with van der Waals surface area (Å²) in [5, 5.41) is 5.52. The van der Waals surface area contributed by atoms with Crippen molar-refractivity contribution in [3.63, 3.8) is 0 Å². The van der Waals surface area contributed by atoms with Crippen LogP contribution in [0.15, 0.2) is 34.0 Å². The number of hydrogen-bond donors (Lipinski definition) is 3. The molecule has 1 atom stereocenters.